The molecule has 1 fully saturated rings. The second kappa shape index (κ2) is 8.10. The summed E-state index contributed by atoms with van der Waals surface area (Å²) in [5, 5.41) is 2.30. The van der Waals surface area contributed by atoms with Gasteiger partial charge in [-0.05, 0) is 36.4 Å². The van der Waals surface area contributed by atoms with E-state index in [2.05, 4.69) is 10.4 Å². The highest BCUT2D eigenvalue weighted by Gasteiger charge is 2.14. The van der Waals surface area contributed by atoms with Gasteiger partial charge in [0.2, 0.25) is 0 Å². The van der Waals surface area contributed by atoms with Crippen molar-refractivity contribution in [1.82, 2.24) is 15.4 Å². The molecule has 1 aliphatic rings. The van der Waals surface area contributed by atoms with E-state index in [9.17, 15) is 4.79 Å². The largest absolute Gasteiger partial charge is 0.487 e. The van der Waals surface area contributed by atoms with E-state index in [0.717, 1.165) is 5.69 Å². The molecular weight excluding hydrogens is 330 g/mol. The number of amides is 1. The van der Waals surface area contributed by atoms with E-state index in [-0.39, 0.29) is 5.91 Å². The van der Waals surface area contributed by atoms with E-state index >= 15 is 0 Å². The van der Waals surface area contributed by atoms with Crippen molar-refractivity contribution in [2.24, 2.45) is 0 Å². The number of halogens is 1. The van der Waals surface area contributed by atoms with Crippen molar-refractivity contribution in [1.29, 1.82) is 0 Å². The van der Waals surface area contributed by atoms with Crippen molar-refractivity contribution in [3.05, 3.63) is 58.9 Å². The Bertz CT molecular complexity index is 688. The lowest BCUT2D eigenvalue weighted by atomic mass is 10.2. The Kier molecular flexibility index (Phi) is 5.63. The molecular formula is C17H18ClN3O3. The van der Waals surface area contributed by atoms with Gasteiger partial charge in [0.25, 0.3) is 5.91 Å². The van der Waals surface area contributed by atoms with Crippen molar-refractivity contribution in [3.8, 4) is 5.75 Å². The van der Waals surface area contributed by atoms with Gasteiger partial charge in [-0.1, -0.05) is 17.7 Å². The molecule has 1 aliphatic heterocycles. The van der Waals surface area contributed by atoms with E-state index < -0.39 is 0 Å². The highest BCUT2D eigenvalue weighted by Crippen LogP contribution is 2.14. The molecule has 1 saturated heterocycles. The number of benzene rings is 1. The molecule has 2 heterocycles. The Morgan fingerprint density at radius 1 is 1.21 bits per heavy atom. The molecule has 2 aromatic rings. The van der Waals surface area contributed by atoms with Gasteiger partial charge in [0, 0.05) is 18.7 Å². The summed E-state index contributed by atoms with van der Waals surface area (Å²) in [6, 6.07) is 12.4. The summed E-state index contributed by atoms with van der Waals surface area (Å²) < 4.78 is 10.9. The molecule has 3 rings (SSSR count). The molecule has 1 aromatic heterocycles. The van der Waals surface area contributed by atoms with Gasteiger partial charge in [-0.15, -0.1) is 0 Å². The topological polar surface area (TPSA) is 63.7 Å². The Morgan fingerprint density at radius 3 is 2.67 bits per heavy atom. The third kappa shape index (κ3) is 4.67. The molecule has 0 aliphatic carbocycles. The number of morpholine rings is 1. The number of rotatable bonds is 5. The van der Waals surface area contributed by atoms with E-state index in [1.54, 1.807) is 30.3 Å². The average molecular weight is 348 g/mol. The summed E-state index contributed by atoms with van der Waals surface area (Å²) in [5.74, 6) is 0.527. The van der Waals surface area contributed by atoms with Crippen LogP contribution in [-0.2, 0) is 11.3 Å². The number of hydrogen-bond donors (Lipinski definition) is 1. The Balaban J connectivity index is 1.53. The first-order chi connectivity index (χ1) is 11.7. The minimum atomic E-state index is -0.139. The third-order valence-corrected chi connectivity index (χ3v) is 3.76. The Labute approximate surface area is 145 Å². The monoisotopic (exact) mass is 347 g/mol. The summed E-state index contributed by atoms with van der Waals surface area (Å²) in [6.07, 6.45) is 0. The van der Waals surface area contributed by atoms with Crippen LogP contribution in [0.4, 0.5) is 0 Å². The highest BCUT2D eigenvalue weighted by molar-refractivity contribution is 6.29. The van der Waals surface area contributed by atoms with E-state index in [1.807, 2.05) is 17.1 Å². The van der Waals surface area contributed by atoms with Crippen LogP contribution in [0.15, 0.2) is 42.5 Å². The van der Waals surface area contributed by atoms with Crippen LogP contribution in [0.1, 0.15) is 16.1 Å². The van der Waals surface area contributed by atoms with Gasteiger partial charge in [-0.3, -0.25) is 10.2 Å². The smallest absolute Gasteiger partial charge is 0.265 e. The zero-order chi connectivity index (χ0) is 16.8. The summed E-state index contributed by atoms with van der Waals surface area (Å²) in [7, 11) is 0. The molecule has 1 N–H and O–H groups in total. The predicted molar refractivity (Wildman–Crippen MR) is 89.9 cm³/mol. The van der Waals surface area contributed by atoms with Gasteiger partial charge >= 0.3 is 0 Å². The standard InChI is InChI=1S/C17H18ClN3O3/c18-16-3-1-2-14(19-16)12-24-15-6-4-13(5-7-15)17(22)20-21-8-10-23-11-9-21/h1-7H,8-12H2,(H,20,22). The molecule has 0 unspecified atom stereocenters. The molecule has 7 heteroatoms. The van der Waals surface area contributed by atoms with Crippen LogP contribution >= 0.6 is 11.6 Å². The minimum absolute atomic E-state index is 0.139. The van der Waals surface area contributed by atoms with Crippen molar-refractivity contribution in [2.45, 2.75) is 6.61 Å². The lowest BCUT2D eigenvalue weighted by Crippen LogP contribution is -2.48. The first-order valence-corrected chi connectivity index (χ1v) is 8.06. The number of ether oxygens (including phenoxy) is 2. The normalized spacial score (nSPS) is 15.0. The van der Waals surface area contributed by atoms with Crippen molar-refractivity contribution >= 4 is 17.5 Å². The summed E-state index contributed by atoms with van der Waals surface area (Å²) in [5.41, 5.74) is 4.19. The number of aromatic nitrogens is 1. The van der Waals surface area contributed by atoms with Crippen LogP contribution in [0.2, 0.25) is 5.15 Å². The van der Waals surface area contributed by atoms with Crippen LogP contribution in [0, 0.1) is 0 Å². The Morgan fingerprint density at radius 2 is 1.96 bits per heavy atom. The summed E-state index contributed by atoms with van der Waals surface area (Å²) in [4.78, 5) is 16.3. The molecule has 0 atom stereocenters. The van der Waals surface area contributed by atoms with Gasteiger partial charge in [0.05, 0.1) is 18.9 Å². The molecule has 6 nitrogen and oxygen atoms in total. The second-order valence-electron chi connectivity index (χ2n) is 5.31. The van der Waals surface area contributed by atoms with Crippen LogP contribution in [0.5, 0.6) is 5.75 Å². The maximum Gasteiger partial charge on any atom is 0.265 e. The van der Waals surface area contributed by atoms with Gasteiger partial charge in [0.1, 0.15) is 17.5 Å². The minimum Gasteiger partial charge on any atom is -0.487 e. The maximum absolute atomic E-state index is 12.2. The van der Waals surface area contributed by atoms with E-state index in [4.69, 9.17) is 21.1 Å². The maximum atomic E-state index is 12.2. The molecule has 0 bridgehead atoms. The lowest BCUT2D eigenvalue weighted by molar-refractivity contribution is 0.0126. The van der Waals surface area contributed by atoms with Crippen LogP contribution in [0.3, 0.4) is 0 Å². The van der Waals surface area contributed by atoms with Gasteiger partial charge in [0.15, 0.2) is 0 Å². The average Bonchev–Trinajstić information content (AvgIpc) is 2.61. The fourth-order valence-corrected chi connectivity index (χ4v) is 2.46. The summed E-state index contributed by atoms with van der Waals surface area (Å²) in [6.45, 7) is 2.97. The number of nitrogens with one attached hydrogen (secondary N) is 1. The first kappa shape index (κ1) is 16.7. The van der Waals surface area contributed by atoms with Gasteiger partial charge in [-0.25, -0.2) is 9.99 Å². The van der Waals surface area contributed by atoms with Crippen molar-refractivity contribution in [3.63, 3.8) is 0 Å². The van der Waals surface area contributed by atoms with E-state index in [1.165, 1.54) is 0 Å². The third-order valence-electron chi connectivity index (χ3n) is 3.55. The zero-order valence-corrected chi connectivity index (χ0v) is 13.8. The van der Waals surface area contributed by atoms with Gasteiger partial charge < -0.3 is 9.47 Å². The van der Waals surface area contributed by atoms with Gasteiger partial charge in [-0.2, -0.15) is 0 Å². The number of pyridine rings is 1. The quantitative estimate of drug-likeness (QED) is 0.841. The predicted octanol–water partition coefficient (Wildman–Crippen LogP) is 2.29. The molecule has 0 spiro atoms. The zero-order valence-electron chi connectivity index (χ0n) is 13.1. The highest BCUT2D eigenvalue weighted by atomic mass is 35.5. The lowest BCUT2D eigenvalue weighted by Gasteiger charge is -2.26. The number of hydrogen-bond acceptors (Lipinski definition) is 5. The first-order valence-electron chi connectivity index (χ1n) is 7.69. The molecule has 1 aromatic carbocycles. The number of carbonyl (C=O) groups excluding carboxylic acids is 1. The summed E-state index contributed by atoms with van der Waals surface area (Å²) >= 11 is 5.84. The molecule has 0 radical (unpaired) electrons. The number of hydrazine groups is 1. The van der Waals surface area contributed by atoms with Crippen molar-refractivity contribution in [2.75, 3.05) is 26.3 Å². The SMILES string of the molecule is O=C(NN1CCOCC1)c1ccc(OCc2cccc(Cl)n2)cc1. The fraction of sp³-hybridized carbons (Fsp3) is 0.294. The number of nitrogens with zero attached hydrogens (tertiary/aromatic N) is 2. The van der Waals surface area contributed by atoms with E-state index in [0.29, 0.717) is 49.4 Å². The van der Waals surface area contributed by atoms with Crippen molar-refractivity contribution < 1.29 is 14.3 Å². The fourth-order valence-electron chi connectivity index (χ4n) is 2.27. The Hall–Kier alpha value is -2.15. The van der Waals surface area contributed by atoms with Crippen LogP contribution < -0.4 is 10.2 Å². The molecule has 0 saturated carbocycles. The van der Waals surface area contributed by atoms with Crippen LogP contribution in [-0.4, -0.2) is 42.2 Å². The number of carbonyl (C=O) groups is 1. The molecule has 1 amide bonds. The second-order valence-corrected chi connectivity index (χ2v) is 5.69. The molecule has 24 heavy (non-hydrogen) atoms. The van der Waals surface area contributed by atoms with Crippen LogP contribution in [0.25, 0.3) is 0 Å². The molecule has 126 valence electrons.